The van der Waals surface area contributed by atoms with Gasteiger partial charge in [-0.05, 0) is 92.7 Å². The van der Waals surface area contributed by atoms with Crippen molar-refractivity contribution in [1.29, 1.82) is 0 Å². The first-order valence-corrected chi connectivity index (χ1v) is 15.9. The lowest BCUT2D eigenvalue weighted by Gasteiger charge is -2.64. The molecule has 0 aromatic heterocycles. The Labute approximate surface area is 251 Å². The zero-order valence-corrected chi connectivity index (χ0v) is 26.3. The lowest BCUT2D eigenvalue weighted by molar-refractivity contribution is -0.199. The fourth-order valence-corrected chi connectivity index (χ4v) is 7.33. The van der Waals surface area contributed by atoms with Crippen molar-refractivity contribution in [2.75, 3.05) is 6.54 Å². The predicted octanol–water partition coefficient (Wildman–Crippen LogP) is 4.37. The average molecular weight is 583 g/mol. The van der Waals surface area contributed by atoms with Gasteiger partial charge in [0.25, 0.3) is 5.91 Å². The molecule has 1 aromatic rings. The number of benzene rings is 1. The van der Waals surface area contributed by atoms with Gasteiger partial charge in [-0.3, -0.25) is 9.59 Å². The van der Waals surface area contributed by atoms with Crippen molar-refractivity contribution in [1.82, 2.24) is 16.0 Å². The van der Waals surface area contributed by atoms with Crippen LogP contribution in [0.2, 0.25) is 0 Å². The lowest BCUT2D eigenvalue weighted by atomic mass is 9.43. The average Bonchev–Trinajstić information content (AvgIpc) is 3.30. The highest BCUT2D eigenvalue weighted by Gasteiger charge is 2.68. The first kappa shape index (κ1) is 32.3. The van der Waals surface area contributed by atoms with Gasteiger partial charge in [0.15, 0.2) is 0 Å². The molecule has 2 bridgehead atoms. The number of urea groups is 1. The zero-order chi connectivity index (χ0) is 30.7. The summed E-state index contributed by atoms with van der Waals surface area (Å²) in [5.74, 6) is 0.393. The fourth-order valence-electron chi connectivity index (χ4n) is 7.33. The van der Waals surface area contributed by atoms with Crippen molar-refractivity contribution in [3.05, 3.63) is 35.4 Å². The second kappa shape index (κ2) is 13.4. The standard InChI is InChI=1S/C32H51BN4O5/c1-7-8-10-21-12-14-22(15-13-21)28(38)36-24(11-9-16-35-30(34)40)29(39)37-27(17-20(2)3)33-41-26-19-23-18-25(31(23,4)5)32(26,6)42-33/h12-15,20,23-27H,7-11,16-19H2,1-6H3,(H,36,38)(H,37,39)(H3,34,35,40)/t23-,24+,25-,26-,27+,32+/m1/s1. The number of rotatable bonds is 14. The second-order valence-electron chi connectivity index (χ2n) is 13.8. The number of carbonyl (C=O) groups is 3. The van der Waals surface area contributed by atoms with Crippen molar-refractivity contribution in [2.24, 2.45) is 28.9 Å². The Hall–Kier alpha value is -2.59. The summed E-state index contributed by atoms with van der Waals surface area (Å²) >= 11 is 0. The minimum Gasteiger partial charge on any atom is -0.404 e. The third-order valence-electron chi connectivity index (χ3n) is 9.98. The van der Waals surface area contributed by atoms with Crippen LogP contribution >= 0.6 is 0 Å². The number of nitrogens with one attached hydrogen (secondary N) is 3. The van der Waals surface area contributed by atoms with E-state index < -0.39 is 19.2 Å². The number of aryl methyl sites for hydroxylation is 1. The van der Waals surface area contributed by atoms with Crippen LogP contribution in [0.3, 0.4) is 0 Å². The Morgan fingerprint density at radius 3 is 2.40 bits per heavy atom. The predicted molar refractivity (Wildman–Crippen MR) is 165 cm³/mol. The van der Waals surface area contributed by atoms with Gasteiger partial charge in [-0.1, -0.05) is 53.2 Å². The van der Waals surface area contributed by atoms with Crippen LogP contribution in [0.1, 0.15) is 102 Å². The molecule has 4 aliphatic rings. The van der Waals surface area contributed by atoms with Crippen LogP contribution in [-0.2, 0) is 20.5 Å². The molecule has 0 radical (unpaired) electrons. The summed E-state index contributed by atoms with van der Waals surface area (Å²) < 4.78 is 13.2. The molecule has 6 atom stereocenters. The SMILES string of the molecule is CCCCc1ccc(C(=O)N[C@@H](CCCNC(N)=O)C(=O)N[C@@H](CC(C)C)B2O[C@@H]3C[C@H]4C[C@H](C4(C)C)[C@]3(C)O2)cc1. The van der Waals surface area contributed by atoms with E-state index in [0.717, 1.165) is 32.1 Å². The van der Waals surface area contributed by atoms with Gasteiger partial charge in [0.05, 0.1) is 17.6 Å². The Morgan fingerprint density at radius 1 is 1.07 bits per heavy atom. The van der Waals surface area contributed by atoms with Crippen LogP contribution in [0.15, 0.2) is 24.3 Å². The molecule has 0 spiro atoms. The highest BCUT2D eigenvalue weighted by Crippen LogP contribution is 2.65. The van der Waals surface area contributed by atoms with Gasteiger partial charge < -0.3 is 31.0 Å². The van der Waals surface area contributed by atoms with Gasteiger partial charge in [0.2, 0.25) is 5.91 Å². The Morgan fingerprint density at radius 2 is 1.79 bits per heavy atom. The van der Waals surface area contributed by atoms with Crippen LogP contribution in [-0.4, -0.2) is 55.2 Å². The van der Waals surface area contributed by atoms with Gasteiger partial charge >= 0.3 is 13.1 Å². The molecule has 10 heteroatoms. The first-order valence-electron chi connectivity index (χ1n) is 15.9. The summed E-state index contributed by atoms with van der Waals surface area (Å²) in [5, 5.41) is 8.69. The summed E-state index contributed by atoms with van der Waals surface area (Å²) in [4.78, 5) is 38.2. The molecular formula is C32H51BN4O5. The third kappa shape index (κ3) is 7.13. The van der Waals surface area contributed by atoms with Crippen molar-refractivity contribution in [3.8, 4) is 0 Å². The van der Waals surface area contributed by atoms with E-state index in [2.05, 4.69) is 57.5 Å². The van der Waals surface area contributed by atoms with Gasteiger partial charge in [-0.2, -0.15) is 0 Å². The molecule has 4 fully saturated rings. The summed E-state index contributed by atoms with van der Waals surface area (Å²) in [5.41, 5.74) is 6.75. The monoisotopic (exact) mass is 582 g/mol. The van der Waals surface area contributed by atoms with E-state index in [9.17, 15) is 14.4 Å². The largest absolute Gasteiger partial charge is 0.481 e. The van der Waals surface area contributed by atoms with Gasteiger partial charge in [0.1, 0.15) is 6.04 Å². The van der Waals surface area contributed by atoms with E-state index in [4.69, 9.17) is 15.0 Å². The molecule has 5 N–H and O–H groups in total. The maximum Gasteiger partial charge on any atom is 0.481 e. The van der Waals surface area contributed by atoms with Gasteiger partial charge in [0, 0.05) is 12.1 Å². The van der Waals surface area contributed by atoms with Crippen molar-refractivity contribution < 1.29 is 23.7 Å². The molecule has 4 amide bonds. The molecule has 42 heavy (non-hydrogen) atoms. The van der Waals surface area contributed by atoms with Crippen molar-refractivity contribution in [3.63, 3.8) is 0 Å². The quantitative estimate of drug-likeness (QED) is 0.191. The van der Waals surface area contributed by atoms with Crippen LogP contribution in [0.25, 0.3) is 0 Å². The third-order valence-corrected chi connectivity index (χ3v) is 9.98. The molecule has 1 heterocycles. The molecule has 232 valence electrons. The van der Waals surface area contributed by atoms with E-state index in [1.54, 1.807) is 12.1 Å². The number of unbranched alkanes of at least 4 members (excludes halogenated alkanes) is 1. The summed E-state index contributed by atoms with van der Waals surface area (Å²) in [6, 6.07) is 6.13. The molecule has 5 rings (SSSR count). The summed E-state index contributed by atoms with van der Waals surface area (Å²) in [7, 11) is -0.551. The Kier molecular flexibility index (Phi) is 10.3. The van der Waals surface area contributed by atoms with Crippen LogP contribution in [0.5, 0.6) is 0 Å². The molecule has 1 saturated heterocycles. The summed E-state index contributed by atoms with van der Waals surface area (Å²) in [6.07, 6.45) is 6.81. The highest BCUT2D eigenvalue weighted by molar-refractivity contribution is 6.48. The normalized spacial score (nSPS) is 27.0. The van der Waals surface area contributed by atoms with Gasteiger partial charge in [-0.15, -0.1) is 0 Å². The molecule has 3 aliphatic carbocycles. The van der Waals surface area contributed by atoms with Crippen molar-refractivity contribution in [2.45, 2.75) is 117 Å². The maximum absolute atomic E-state index is 13.8. The van der Waals surface area contributed by atoms with E-state index >= 15 is 0 Å². The highest BCUT2D eigenvalue weighted by atomic mass is 16.7. The molecule has 3 saturated carbocycles. The van der Waals surface area contributed by atoms with Crippen LogP contribution < -0.4 is 21.7 Å². The molecule has 9 nitrogen and oxygen atoms in total. The number of hydrogen-bond donors (Lipinski definition) is 4. The Bertz CT molecular complexity index is 1110. The minimum atomic E-state index is -0.799. The summed E-state index contributed by atoms with van der Waals surface area (Å²) in [6.45, 7) is 13.5. The first-order chi connectivity index (χ1) is 19.8. The topological polar surface area (TPSA) is 132 Å². The Balaban J connectivity index is 1.45. The maximum atomic E-state index is 13.8. The molecule has 0 unspecified atom stereocenters. The van der Waals surface area contributed by atoms with Gasteiger partial charge in [-0.25, -0.2) is 4.79 Å². The molecular weight excluding hydrogens is 531 g/mol. The second-order valence-corrected chi connectivity index (χ2v) is 13.8. The van der Waals surface area contributed by atoms with Crippen LogP contribution in [0.4, 0.5) is 4.79 Å². The number of amides is 4. The lowest BCUT2D eigenvalue weighted by Crippen LogP contribution is -2.65. The molecule has 1 aliphatic heterocycles. The van der Waals surface area contributed by atoms with Crippen molar-refractivity contribution >= 4 is 25.0 Å². The zero-order valence-electron chi connectivity index (χ0n) is 26.3. The molecule has 1 aromatic carbocycles. The number of nitrogens with two attached hydrogens (primary N) is 1. The van der Waals surface area contributed by atoms with E-state index in [1.807, 2.05) is 12.1 Å². The minimum absolute atomic E-state index is 0.0153. The van der Waals surface area contributed by atoms with Crippen LogP contribution in [0, 0.1) is 23.2 Å². The van der Waals surface area contributed by atoms with E-state index in [-0.39, 0.29) is 34.9 Å². The van der Waals surface area contributed by atoms with E-state index in [0.29, 0.717) is 49.1 Å². The fraction of sp³-hybridized carbons (Fsp3) is 0.719. The number of primary amides is 1. The number of hydrogen-bond acceptors (Lipinski definition) is 5. The van der Waals surface area contributed by atoms with E-state index in [1.165, 1.54) is 5.56 Å². The smallest absolute Gasteiger partial charge is 0.404 e. The number of carbonyl (C=O) groups excluding carboxylic acids is 3.